The molecule has 0 N–H and O–H groups in total. The summed E-state index contributed by atoms with van der Waals surface area (Å²) in [6.07, 6.45) is 12.3. The van der Waals surface area contributed by atoms with Gasteiger partial charge in [-0.15, -0.1) is 0 Å². The highest BCUT2D eigenvalue weighted by atomic mass is 31.2. The third-order valence-corrected chi connectivity index (χ3v) is 21.9. The zero-order chi connectivity index (χ0) is 65.6. The Balaban J connectivity index is 0.000000124. The lowest BCUT2D eigenvalue weighted by Gasteiger charge is -2.33. The molecule has 96 heavy (non-hydrogen) atoms. The van der Waals surface area contributed by atoms with Crippen molar-refractivity contribution in [2.24, 2.45) is 0 Å². The number of anilines is 4. The van der Waals surface area contributed by atoms with E-state index in [1.807, 2.05) is 135 Å². The second-order valence-corrected chi connectivity index (χ2v) is 27.7. The molecule has 0 fully saturated rings. The maximum Gasteiger partial charge on any atom is 0.183 e. The van der Waals surface area contributed by atoms with Gasteiger partial charge in [-0.05, 0) is 148 Å². The number of nitrogens with zero attached hydrogens (tertiary/aromatic N) is 8. The van der Waals surface area contributed by atoms with Gasteiger partial charge in [-0.2, -0.15) is 10.5 Å². The molecule has 1 aromatic heterocycles. The first-order chi connectivity index (χ1) is 47.0. The van der Waals surface area contributed by atoms with Crippen LogP contribution in [0.5, 0.6) is 0 Å². The molecular formula is C86H63N8OP. The molecular weight excluding hydrogens is 1190 g/mol. The van der Waals surface area contributed by atoms with Crippen LogP contribution in [0.2, 0.25) is 0 Å². The molecule has 4 atom stereocenters. The van der Waals surface area contributed by atoms with Crippen LogP contribution < -0.4 is 25.7 Å². The van der Waals surface area contributed by atoms with Gasteiger partial charge in [0.05, 0.1) is 36.4 Å². The van der Waals surface area contributed by atoms with E-state index in [1.54, 1.807) is 0 Å². The summed E-state index contributed by atoms with van der Waals surface area (Å²) in [4.78, 5) is 23.3. The molecule has 458 valence electrons. The van der Waals surface area contributed by atoms with E-state index in [0.29, 0.717) is 34.3 Å². The van der Waals surface area contributed by atoms with Crippen LogP contribution in [0.4, 0.5) is 22.7 Å². The number of hydrogen-bond donors (Lipinski definition) is 0. The molecule has 4 aliphatic rings. The maximum absolute atomic E-state index is 13.9. The van der Waals surface area contributed by atoms with Crippen LogP contribution in [0.15, 0.2) is 296 Å². The van der Waals surface area contributed by atoms with Gasteiger partial charge in [0, 0.05) is 67.2 Å². The van der Waals surface area contributed by atoms with E-state index in [2.05, 4.69) is 204 Å². The topological polar surface area (TPSA) is 114 Å². The maximum atomic E-state index is 13.9. The minimum absolute atomic E-state index is 0.00273. The molecule has 3 heterocycles. The van der Waals surface area contributed by atoms with Crippen LogP contribution in [0, 0.1) is 56.9 Å². The van der Waals surface area contributed by atoms with Crippen LogP contribution in [-0.4, -0.2) is 27.0 Å². The summed E-state index contributed by atoms with van der Waals surface area (Å²) in [7, 11) is -2.80. The predicted molar refractivity (Wildman–Crippen MR) is 394 cm³/mol. The van der Waals surface area contributed by atoms with Gasteiger partial charge >= 0.3 is 0 Å². The third kappa shape index (κ3) is 10.9. The predicted octanol–water partition coefficient (Wildman–Crippen LogP) is 19.5. The van der Waals surface area contributed by atoms with Crippen LogP contribution in [0.25, 0.3) is 70.7 Å². The van der Waals surface area contributed by atoms with Crippen molar-refractivity contribution in [1.29, 1.82) is 10.5 Å². The van der Waals surface area contributed by atoms with Crippen LogP contribution >= 0.6 is 7.14 Å². The van der Waals surface area contributed by atoms with Crippen molar-refractivity contribution < 1.29 is 4.57 Å². The molecule has 2 aliphatic carbocycles. The van der Waals surface area contributed by atoms with Gasteiger partial charge in [-0.1, -0.05) is 236 Å². The number of allylic oxidation sites excluding steroid dienone is 3. The Morgan fingerprint density at radius 1 is 0.438 bits per heavy atom. The van der Waals surface area contributed by atoms with Crippen molar-refractivity contribution in [3.63, 3.8) is 0 Å². The standard InChI is InChI=1S/C35H25N5.C32H21N3.C19H17OP/c1-21-4-8-32-28(14-21)29-15-23(19-36)5-9-33(29)39(32)26-12-22(2)13-27(18-26)40-34-10-6-24(20-37)16-30(34)31-17-25(38-3)7-11-35(31)40;1-20-33-31(29-25-14-6-2-10-21(25)18-22-11-3-7-15-26(22)29)35-32(34-20)30-27-16-8-4-12-23(27)19-24-13-5-9-17-28(24)30;1-16-12-14-19(15-13-16)21(20,17-8-4-2-5-9-17)18-10-6-3-7-11-18/h4-18,29,31,33,35H,1-2H3;2-19H,1H3;2-15H,1H3. The number of aromatic nitrogens is 3. The molecule has 4 unspecified atom stereocenters. The monoisotopic (exact) mass is 1250 g/mol. The summed E-state index contributed by atoms with van der Waals surface area (Å²) >= 11 is 0. The molecule has 13 aromatic rings. The number of fused-ring (bicyclic) bond motifs is 10. The van der Waals surface area contributed by atoms with Crippen molar-refractivity contribution in [1.82, 2.24) is 15.0 Å². The highest BCUT2D eigenvalue weighted by molar-refractivity contribution is 7.85. The van der Waals surface area contributed by atoms with Crippen molar-refractivity contribution >= 4 is 88.9 Å². The van der Waals surface area contributed by atoms with Crippen molar-refractivity contribution in [2.45, 2.75) is 51.6 Å². The van der Waals surface area contributed by atoms with Gasteiger partial charge in [-0.25, -0.2) is 19.8 Å². The van der Waals surface area contributed by atoms with E-state index in [1.165, 1.54) is 38.2 Å². The van der Waals surface area contributed by atoms with E-state index < -0.39 is 7.14 Å². The molecule has 0 radical (unpaired) electrons. The number of benzene rings is 12. The molecule has 17 rings (SSSR count). The minimum atomic E-state index is -2.80. The van der Waals surface area contributed by atoms with Crippen LogP contribution in [0.3, 0.4) is 0 Å². The highest BCUT2D eigenvalue weighted by Crippen LogP contribution is 2.53. The van der Waals surface area contributed by atoms with Gasteiger partial charge in [0.25, 0.3) is 0 Å². The molecule has 0 spiro atoms. The first-order valence-electron chi connectivity index (χ1n) is 32.2. The SMILES string of the molecule is Cc1ccc(P(=O)(c2ccccc2)c2ccccc2)cc1.Cc1nc(-c2c3ccccc3cc3ccccc23)nc(-c2c3ccccc3cc3ccccc23)n1.[C-]#[N+]C1=CC2c3cc(C#N)ccc3N(c3cc(C)cc(N4c5ccc(C)cc5C5C=C(C#N)C=CC54)c3)C2C=C1. The largest absolute Gasteiger partial charge is 0.333 e. The Bertz CT molecular complexity index is 5310. The fourth-order valence-corrected chi connectivity index (χ4v) is 17.1. The number of rotatable bonds is 7. The van der Waals surface area contributed by atoms with Gasteiger partial charge in [-0.3, -0.25) is 0 Å². The van der Waals surface area contributed by atoms with Gasteiger partial charge in [0.1, 0.15) is 5.82 Å². The Hall–Kier alpha value is -12.1. The van der Waals surface area contributed by atoms with Crippen molar-refractivity contribution in [3.05, 3.63) is 347 Å². The van der Waals surface area contributed by atoms with Crippen LogP contribution in [0.1, 0.15) is 51.0 Å². The van der Waals surface area contributed by atoms with E-state index in [9.17, 15) is 15.1 Å². The highest BCUT2D eigenvalue weighted by Gasteiger charge is 2.41. The zero-order valence-corrected chi connectivity index (χ0v) is 54.3. The third-order valence-electron chi connectivity index (χ3n) is 18.8. The number of hydrogen-bond acceptors (Lipinski definition) is 8. The zero-order valence-electron chi connectivity index (χ0n) is 53.4. The summed E-state index contributed by atoms with van der Waals surface area (Å²) in [6, 6.07) is 89.7. The molecule has 12 aromatic carbocycles. The lowest BCUT2D eigenvalue weighted by molar-refractivity contribution is 0.592. The Labute approximate surface area is 559 Å². The number of aryl methyl sites for hydroxylation is 4. The fraction of sp³-hybridized carbons (Fsp3) is 0.0930. The van der Waals surface area contributed by atoms with E-state index in [0.717, 1.165) is 82.5 Å². The minimum Gasteiger partial charge on any atom is -0.333 e. The van der Waals surface area contributed by atoms with E-state index in [4.69, 9.17) is 21.5 Å². The normalized spacial score (nSPS) is 16.3. The van der Waals surface area contributed by atoms with E-state index >= 15 is 0 Å². The number of nitriles is 2. The molecule has 0 bridgehead atoms. The molecule has 0 saturated carbocycles. The average Bonchev–Trinajstić information content (AvgIpc) is 1.53. The molecule has 0 saturated heterocycles. The molecule has 10 heteroatoms. The Morgan fingerprint density at radius 3 is 1.39 bits per heavy atom. The van der Waals surface area contributed by atoms with Gasteiger partial charge < -0.3 is 14.4 Å². The smallest absolute Gasteiger partial charge is 0.183 e. The van der Waals surface area contributed by atoms with Crippen molar-refractivity contribution in [2.75, 3.05) is 9.80 Å². The fourth-order valence-electron chi connectivity index (χ4n) is 14.4. The average molecular weight is 1260 g/mol. The van der Waals surface area contributed by atoms with Gasteiger partial charge in [0.2, 0.25) is 0 Å². The lowest BCUT2D eigenvalue weighted by atomic mass is 9.88. The summed E-state index contributed by atoms with van der Waals surface area (Å²) in [5, 5.41) is 31.1. The quantitative estimate of drug-likeness (QED) is 0.0881. The Morgan fingerprint density at radius 2 is 0.885 bits per heavy atom. The molecule has 9 nitrogen and oxygen atoms in total. The second-order valence-electron chi connectivity index (χ2n) is 24.9. The first-order valence-corrected chi connectivity index (χ1v) is 33.9. The lowest BCUT2D eigenvalue weighted by Crippen LogP contribution is -2.31. The van der Waals surface area contributed by atoms with Gasteiger partial charge in [0.15, 0.2) is 24.5 Å². The molecule has 0 amide bonds. The second kappa shape index (κ2) is 25.1. The van der Waals surface area contributed by atoms with Crippen molar-refractivity contribution in [3.8, 4) is 34.9 Å². The summed E-state index contributed by atoms with van der Waals surface area (Å²) < 4.78 is 13.9. The first kappa shape index (κ1) is 60.2. The molecule has 2 aliphatic heterocycles. The summed E-state index contributed by atoms with van der Waals surface area (Å²) in [5.74, 6) is 2.23. The summed E-state index contributed by atoms with van der Waals surface area (Å²) in [6.45, 7) is 15.8. The van der Waals surface area contributed by atoms with Crippen LogP contribution in [-0.2, 0) is 4.57 Å². The Kier molecular flexibility index (Phi) is 15.7. The summed E-state index contributed by atoms with van der Waals surface area (Å²) in [5.41, 5.74) is 14.3. The van der Waals surface area contributed by atoms with E-state index in [-0.39, 0.29) is 23.9 Å².